The van der Waals surface area contributed by atoms with Crippen LogP contribution in [0.15, 0.2) is 41.6 Å². The number of methoxy groups -OCH3 is 2. The lowest BCUT2D eigenvalue weighted by Crippen LogP contribution is -2.55. The average molecular weight is 406 g/mol. The molecule has 1 aromatic carbocycles. The van der Waals surface area contributed by atoms with Crippen molar-refractivity contribution in [2.24, 2.45) is 16.7 Å². The van der Waals surface area contributed by atoms with Crippen molar-refractivity contribution >= 4 is 10.0 Å². The minimum atomic E-state index is -3.72. The van der Waals surface area contributed by atoms with Crippen LogP contribution >= 0.6 is 0 Å². The Kier molecular flexibility index (Phi) is 4.56. The molecule has 2 fully saturated rings. The second-order valence-electron chi connectivity index (χ2n) is 8.60. The van der Waals surface area contributed by atoms with Gasteiger partial charge < -0.3 is 9.47 Å². The van der Waals surface area contributed by atoms with Crippen molar-refractivity contribution in [3.63, 3.8) is 0 Å². The van der Waals surface area contributed by atoms with Crippen molar-refractivity contribution in [3.05, 3.63) is 36.7 Å². The van der Waals surface area contributed by atoms with E-state index in [4.69, 9.17) is 9.47 Å². The highest BCUT2D eigenvalue weighted by Gasteiger charge is 2.64. The fourth-order valence-corrected chi connectivity index (χ4v) is 7.04. The first kappa shape index (κ1) is 19.4. The van der Waals surface area contributed by atoms with Gasteiger partial charge in [0, 0.05) is 38.0 Å². The number of benzene rings is 1. The highest BCUT2D eigenvalue weighted by molar-refractivity contribution is 7.89. The molecule has 0 spiro atoms. The molecule has 2 aromatic rings. The van der Waals surface area contributed by atoms with Crippen LogP contribution < -0.4 is 4.74 Å². The van der Waals surface area contributed by atoms with E-state index in [0.717, 1.165) is 6.42 Å². The molecule has 1 saturated carbocycles. The quantitative estimate of drug-likeness (QED) is 0.738. The van der Waals surface area contributed by atoms with E-state index in [-0.39, 0.29) is 21.6 Å². The first-order chi connectivity index (χ1) is 13.2. The van der Waals surface area contributed by atoms with Gasteiger partial charge in [0.05, 0.1) is 19.4 Å². The summed E-state index contributed by atoms with van der Waals surface area (Å²) in [5.41, 5.74) is 0.695. The number of aromatic nitrogens is 2. The molecule has 1 saturated heterocycles. The Hall–Kier alpha value is -1.90. The summed E-state index contributed by atoms with van der Waals surface area (Å²) < 4.78 is 41.3. The summed E-state index contributed by atoms with van der Waals surface area (Å²) in [5.74, 6) is 0.630. The van der Waals surface area contributed by atoms with Gasteiger partial charge in [0.25, 0.3) is 0 Å². The third kappa shape index (κ3) is 2.86. The Labute approximate surface area is 166 Å². The zero-order valence-electron chi connectivity index (χ0n) is 16.8. The number of sulfonamides is 1. The number of hydrogen-bond acceptors (Lipinski definition) is 5. The molecule has 2 heterocycles. The fourth-order valence-electron chi connectivity index (χ4n) is 5.32. The summed E-state index contributed by atoms with van der Waals surface area (Å²) in [5, 5.41) is 4.20. The molecule has 0 radical (unpaired) electrons. The summed E-state index contributed by atoms with van der Waals surface area (Å²) in [6, 6.07) is 6.92. The zero-order chi connectivity index (χ0) is 20.2. The Morgan fingerprint density at radius 3 is 2.68 bits per heavy atom. The van der Waals surface area contributed by atoms with Crippen molar-refractivity contribution in [1.82, 2.24) is 14.1 Å². The Morgan fingerprint density at radius 1 is 1.29 bits per heavy atom. The van der Waals surface area contributed by atoms with E-state index in [2.05, 4.69) is 18.9 Å². The minimum Gasteiger partial charge on any atom is -0.495 e. The van der Waals surface area contributed by atoms with Gasteiger partial charge >= 0.3 is 0 Å². The molecule has 1 aliphatic heterocycles. The molecule has 152 valence electrons. The lowest BCUT2D eigenvalue weighted by atomic mass is 9.48. The first-order valence-corrected chi connectivity index (χ1v) is 10.8. The predicted octanol–water partition coefficient (Wildman–Crippen LogP) is 2.56. The van der Waals surface area contributed by atoms with Crippen molar-refractivity contribution in [1.29, 1.82) is 0 Å². The van der Waals surface area contributed by atoms with Gasteiger partial charge in [-0.2, -0.15) is 9.40 Å². The third-order valence-electron chi connectivity index (χ3n) is 6.33. The SMILES string of the molecule is COC[C@@]12CN(S(=O)(=O)c3cc(-n4cccn4)ccc3OC)C[C@@H]1C(C)(C)C2. The molecule has 28 heavy (non-hydrogen) atoms. The monoisotopic (exact) mass is 405 g/mol. The second-order valence-corrected chi connectivity index (χ2v) is 10.5. The van der Waals surface area contributed by atoms with Crippen molar-refractivity contribution < 1.29 is 17.9 Å². The van der Waals surface area contributed by atoms with E-state index in [1.54, 1.807) is 52.8 Å². The van der Waals surface area contributed by atoms with Crippen LogP contribution in [0.2, 0.25) is 0 Å². The predicted molar refractivity (Wildman–Crippen MR) is 105 cm³/mol. The third-order valence-corrected chi connectivity index (χ3v) is 8.17. The molecule has 0 amide bonds. The average Bonchev–Trinajstić information content (AvgIpc) is 3.28. The molecule has 2 atom stereocenters. The summed E-state index contributed by atoms with van der Waals surface area (Å²) >= 11 is 0. The number of nitrogens with zero attached hydrogens (tertiary/aromatic N) is 3. The molecule has 2 aliphatic rings. The molecular weight excluding hydrogens is 378 g/mol. The van der Waals surface area contributed by atoms with Crippen LogP contribution in [0.5, 0.6) is 5.75 Å². The highest BCUT2D eigenvalue weighted by atomic mass is 32.2. The Bertz CT molecular complexity index is 971. The highest BCUT2D eigenvalue weighted by Crippen LogP contribution is 2.63. The minimum absolute atomic E-state index is 0.0991. The second kappa shape index (κ2) is 6.57. The normalized spacial score (nSPS) is 26.6. The van der Waals surface area contributed by atoms with Gasteiger partial charge in [-0.15, -0.1) is 0 Å². The van der Waals surface area contributed by atoms with Crippen molar-refractivity contribution in [2.45, 2.75) is 25.2 Å². The van der Waals surface area contributed by atoms with Gasteiger partial charge in [0.15, 0.2) is 0 Å². The molecule has 8 heteroatoms. The van der Waals surface area contributed by atoms with Crippen LogP contribution in [-0.4, -0.2) is 56.4 Å². The van der Waals surface area contributed by atoms with Gasteiger partial charge in [-0.05, 0) is 42.0 Å². The van der Waals surface area contributed by atoms with Gasteiger partial charge in [0.2, 0.25) is 10.0 Å². The van der Waals surface area contributed by atoms with Crippen molar-refractivity contribution in [2.75, 3.05) is 33.9 Å². The van der Waals surface area contributed by atoms with E-state index in [9.17, 15) is 8.42 Å². The van der Waals surface area contributed by atoms with E-state index in [1.807, 2.05) is 0 Å². The van der Waals surface area contributed by atoms with Crippen molar-refractivity contribution in [3.8, 4) is 11.4 Å². The number of fused-ring (bicyclic) bond motifs is 1. The molecule has 0 unspecified atom stereocenters. The van der Waals surface area contributed by atoms with E-state index < -0.39 is 10.0 Å². The summed E-state index contributed by atoms with van der Waals surface area (Å²) in [4.78, 5) is 0.176. The van der Waals surface area contributed by atoms with E-state index >= 15 is 0 Å². The number of ether oxygens (including phenoxy) is 2. The molecule has 7 nitrogen and oxygen atoms in total. The van der Waals surface area contributed by atoms with Crippen LogP contribution in [-0.2, 0) is 14.8 Å². The molecule has 0 bridgehead atoms. The van der Waals surface area contributed by atoms with Gasteiger partial charge in [-0.3, -0.25) is 0 Å². The fraction of sp³-hybridized carbons (Fsp3) is 0.550. The van der Waals surface area contributed by atoms with Gasteiger partial charge in [-0.25, -0.2) is 13.1 Å². The van der Waals surface area contributed by atoms with E-state index in [1.165, 1.54) is 7.11 Å². The summed E-state index contributed by atoms with van der Waals surface area (Å²) in [7, 11) is -0.539. The summed E-state index contributed by atoms with van der Waals surface area (Å²) in [6.45, 7) is 5.99. The Morgan fingerprint density at radius 2 is 2.07 bits per heavy atom. The van der Waals surface area contributed by atoms with Crippen LogP contribution in [0.1, 0.15) is 20.3 Å². The van der Waals surface area contributed by atoms with Crippen LogP contribution in [0.25, 0.3) is 5.69 Å². The molecule has 1 aliphatic carbocycles. The molecule has 0 N–H and O–H groups in total. The lowest BCUT2D eigenvalue weighted by Gasteiger charge is -2.56. The number of rotatable bonds is 6. The van der Waals surface area contributed by atoms with Crippen LogP contribution in [0.3, 0.4) is 0 Å². The maximum absolute atomic E-state index is 13.6. The molecular formula is C20H27N3O4S. The molecule has 4 rings (SSSR count). The largest absolute Gasteiger partial charge is 0.495 e. The molecule has 1 aromatic heterocycles. The maximum atomic E-state index is 13.6. The van der Waals surface area contributed by atoms with Crippen LogP contribution in [0, 0.1) is 16.7 Å². The zero-order valence-corrected chi connectivity index (χ0v) is 17.6. The Balaban J connectivity index is 1.72. The first-order valence-electron chi connectivity index (χ1n) is 9.41. The summed E-state index contributed by atoms with van der Waals surface area (Å²) in [6.07, 6.45) is 4.41. The van der Waals surface area contributed by atoms with Crippen LogP contribution in [0.4, 0.5) is 0 Å². The lowest BCUT2D eigenvalue weighted by molar-refractivity contribution is -0.106. The standard InChI is InChI=1S/C20H27N3O4S/c1-19(2)12-20(14-26-3)13-22(11-18(19)20)28(24,25)17-10-15(6-7-16(17)27-4)23-9-5-8-21-23/h5-10,18H,11-14H2,1-4H3/t18-,20-/m1/s1. The number of hydrogen-bond donors (Lipinski definition) is 0. The van der Waals surface area contributed by atoms with Gasteiger partial charge in [0.1, 0.15) is 10.6 Å². The smallest absolute Gasteiger partial charge is 0.246 e. The van der Waals surface area contributed by atoms with Gasteiger partial charge in [-0.1, -0.05) is 13.8 Å². The van der Waals surface area contributed by atoms with E-state index in [0.29, 0.717) is 31.1 Å². The topological polar surface area (TPSA) is 73.7 Å². The maximum Gasteiger partial charge on any atom is 0.246 e.